The van der Waals surface area contributed by atoms with Gasteiger partial charge in [0.2, 0.25) is 5.91 Å². The van der Waals surface area contributed by atoms with Gasteiger partial charge in [-0.3, -0.25) is 4.79 Å². The van der Waals surface area contributed by atoms with Gasteiger partial charge in [-0.2, -0.15) is 0 Å². The highest BCUT2D eigenvalue weighted by molar-refractivity contribution is 5.73. The second-order valence-corrected chi connectivity index (χ2v) is 4.98. The molecule has 0 bridgehead atoms. The van der Waals surface area contributed by atoms with E-state index < -0.39 is 0 Å². The summed E-state index contributed by atoms with van der Waals surface area (Å²) in [6.07, 6.45) is 5.34. The van der Waals surface area contributed by atoms with Crippen LogP contribution < -0.4 is 0 Å². The third-order valence-corrected chi connectivity index (χ3v) is 3.70. The molecule has 0 N–H and O–H groups in total. The lowest BCUT2D eigenvalue weighted by Gasteiger charge is -2.28. The number of piperidine rings is 1. The van der Waals surface area contributed by atoms with E-state index in [4.69, 9.17) is 0 Å². The Morgan fingerprint density at radius 1 is 1.20 bits per heavy atom. The average Bonchev–Trinajstić information content (AvgIpc) is 2.68. The van der Waals surface area contributed by atoms with Crippen molar-refractivity contribution in [2.75, 3.05) is 32.7 Å². The van der Waals surface area contributed by atoms with Crippen LogP contribution in [-0.4, -0.2) is 48.4 Å². The Balaban J connectivity index is 1.74. The summed E-state index contributed by atoms with van der Waals surface area (Å²) in [5, 5.41) is 0. The van der Waals surface area contributed by atoms with Crippen molar-refractivity contribution in [3.63, 3.8) is 0 Å². The van der Waals surface area contributed by atoms with E-state index in [0.717, 1.165) is 19.0 Å². The average molecular weight is 210 g/mol. The largest absolute Gasteiger partial charge is 0.343 e. The van der Waals surface area contributed by atoms with E-state index in [-0.39, 0.29) is 5.91 Å². The molecule has 3 nitrogen and oxygen atoms in total. The zero-order valence-electron chi connectivity index (χ0n) is 9.74. The minimum Gasteiger partial charge on any atom is -0.343 e. The molecule has 2 saturated heterocycles. The lowest BCUT2D eigenvalue weighted by molar-refractivity contribution is -0.127. The molecular formula is C12H22N2O. The van der Waals surface area contributed by atoms with Crippen LogP contribution in [0.5, 0.6) is 0 Å². The summed E-state index contributed by atoms with van der Waals surface area (Å²) < 4.78 is 0. The number of hydrogen-bond acceptors (Lipinski definition) is 2. The normalized spacial score (nSPS) is 28.3. The van der Waals surface area contributed by atoms with Gasteiger partial charge in [-0.05, 0) is 38.3 Å². The summed E-state index contributed by atoms with van der Waals surface area (Å²) >= 11 is 0. The van der Waals surface area contributed by atoms with Crippen molar-refractivity contribution in [1.82, 2.24) is 9.80 Å². The molecular weight excluding hydrogens is 188 g/mol. The summed E-state index contributed by atoms with van der Waals surface area (Å²) in [5.41, 5.74) is 0. The van der Waals surface area contributed by atoms with Crippen molar-refractivity contribution in [1.29, 1.82) is 0 Å². The van der Waals surface area contributed by atoms with E-state index >= 15 is 0 Å². The van der Waals surface area contributed by atoms with Gasteiger partial charge in [0, 0.05) is 26.6 Å². The Labute approximate surface area is 92.4 Å². The summed E-state index contributed by atoms with van der Waals surface area (Å²) in [5.74, 6) is 0.975. The van der Waals surface area contributed by atoms with Crippen molar-refractivity contribution >= 4 is 5.91 Å². The Kier molecular flexibility index (Phi) is 3.62. The minimum atomic E-state index is 0.246. The van der Waals surface area contributed by atoms with Crippen molar-refractivity contribution < 1.29 is 4.79 Å². The number of amides is 1. The second kappa shape index (κ2) is 4.97. The highest BCUT2D eigenvalue weighted by Crippen LogP contribution is 2.19. The molecule has 0 saturated carbocycles. The van der Waals surface area contributed by atoms with E-state index in [1.54, 1.807) is 6.92 Å². The molecule has 0 aromatic carbocycles. The third kappa shape index (κ3) is 2.94. The lowest BCUT2D eigenvalue weighted by Crippen LogP contribution is -2.35. The van der Waals surface area contributed by atoms with Crippen molar-refractivity contribution in [3.8, 4) is 0 Å². The SMILES string of the molecule is CC(=O)N1CCC(CN2CCCCC2)C1. The number of hydrogen-bond donors (Lipinski definition) is 0. The van der Waals surface area contributed by atoms with Gasteiger partial charge < -0.3 is 9.80 Å². The molecule has 15 heavy (non-hydrogen) atoms. The molecule has 0 radical (unpaired) electrons. The number of carbonyl (C=O) groups excluding carboxylic acids is 1. The van der Waals surface area contributed by atoms with Gasteiger partial charge in [-0.25, -0.2) is 0 Å². The number of carbonyl (C=O) groups is 1. The maximum Gasteiger partial charge on any atom is 0.219 e. The van der Waals surface area contributed by atoms with Crippen LogP contribution in [0.3, 0.4) is 0 Å². The molecule has 2 aliphatic heterocycles. The first-order valence-electron chi connectivity index (χ1n) is 6.23. The highest BCUT2D eigenvalue weighted by atomic mass is 16.2. The molecule has 2 fully saturated rings. The molecule has 0 aliphatic carbocycles. The zero-order valence-corrected chi connectivity index (χ0v) is 9.74. The molecule has 0 aromatic heterocycles. The van der Waals surface area contributed by atoms with Crippen molar-refractivity contribution in [2.24, 2.45) is 5.92 Å². The van der Waals surface area contributed by atoms with Crippen LogP contribution in [0.25, 0.3) is 0 Å². The Morgan fingerprint density at radius 3 is 2.53 bits per heavy atom. The fraction of sp³-hybridized carbons (Fsp3) is 0.917. The number of likely N-dealkylation sites (tertiary alicyclic amines) is 2. The first kappa shape index (κ1) is 10.9. The zero-order chi connectivity index (χ0) is 10.7. The predicted octanol–water partition coefficient (Wildman–Crippen LogP) is 1.34. The van der Waals surface area contributed by atoms with Crippen LogP contribution in [0.2, 0.25) is 0 Å². The van der Waals surface area contributed by atoms with Crippen LogP contribution >= 0.6 is 0 Å². The minimum absolute atomic E-state index is 0.246. The molecule has 1 atom stereocenters. The summed E-state index contributed by atoms with van der Waals surface area (Å²) in [6.45, 7) is 7.42. The van der Waals surface area contributed by atoms with Crippen LogP contribution in [-0.2, 0) is 4.79 Å². The van der Waals surface area contributed by atoms with E-state index in [0.29, 0.717) is 0 Å². The molecule has 2 heterocycles. The fourth-order valence-electron chi connectivity index (χ4n) is 2.77. The van der Waals surface area contributed by atoms with E-state index in [2.05, 4.69) is 4.90 Å². The highest BCUT2D eigenvalue weighted by Gasteiger charge is 2.26. The number of nitrogens with zero attached hydrogens (tertiary/aromatic N) is 2. The summed E-state index contributed by atoms with van der Waals surface area (Å²) in [6, 6.07) is 0. The van der Waals surface area contributed by atoms with Crippen LogP contribution in [0.1, 0.15) is 32.6 Å². The van der Waals surface area contributed by atoms with Gasteiger partial charge in [0.25, 0.3) is 0 Å². The molecule has 0 spiro atoms. The van der Waals surface area contributed by atoms with Crippen LogP contribution in [0.15, 0.2) is 0 Å². The summed E-state index contributed by atoms with van der Waals surface area (Å²) in [7, 11) is 0. The first-order chi connectivity index (χ1) is 7.25. The van der Waals surface area contributed by atoms with Gasteiger partial charge in [-0.1, -0.05) is 6.42 Å². The van der Waals surface area contributed by atoms with Gasteiger partial charge in [-0.15, -0.1) is 0 Å². The molecule has 86 valence electrons. The van der Waals surface area contributed by atoms with Gasteiger partial charge in [0.15, 0.2) is 0 Å². The van der Waals surface area contributed by atoms with Crippen LogP contribution in [0.4, 0.5) is 0 Å². The smallest absolute Gasteiger partial charge is 0.219 e. The standard InChI is InChI=1S/C12H22N2O/c1-11(15)14-8-5-12(10-14)9-13-6-3-2-4-7-13/h12H,2-10H2,1H3. The summed E-state index contributed by atoms with van der Waals surface area (Å²) in [4.78, 5) is 15.8. The quantitative estimate of drug-likeness (QED) is 0.686. The fourth-order valence-corrected chi connectivity index (χ4v) is 2.77. The van der Waals surface area contributed by atoms with Gasteiger partial charge in [0.05, 0.1) is 0 Å². The Morgan fingerprint density at radius 2 is 1.93 bits per heavy atom. The van der Waals surface area contributed by atoms with E-state index in [1.807, 2.05) is 4.90 Å². The third-order valence-electron chi connectivity index (χ3n) is 3.70. The first-order valence-corrected chi connectivity index (χ1v) is 6.23. The molecule has 3 heteroatoms. The molecule has 1 amide bonds. The lowest BCUT2D eigenvalue weighted by atomic mass is 10.1. The maximum atomic E-state index is 11.2. The van der Waals surface area contributed by atoms with Crippen molar-refractivity contribution in [3.05, 3.63) is 0 Å². The van der Waals surface area contributed by atoms with Gasteiger partial charge in [0.1, 0.15) is 0 Å². The number of rotatable bonds is 2. The molecule has 0 aromatic rings. The van der Waals surface area contributed by atoms with E-state index in [9.17, 15) is 4.79 Å². The molecule has 1 unspecified atom stereocenters. The monoisotopic (exact) mass is 210 g/mol. The molecule has 2 aliphatic rings. The maximum absolute atomic E-state index is 11.2. The predicted molar refractivity (Wildman–Crippen MR) is 60.7 cm³/mol. The second-order valence-electron chi connectivity index (χ2n) is 4.98. The topological polar surface area (TPSA) is 23.6 Å². The van der Waals surface area contributed by atoms with Crippen LogP contribution in [0, 0.1) is 5.92 Å². The van der Waals surface area contributed by atoms with Gasteiger partial charge >= 0.3 is 0 Å². The molecule has 2 rings (SSSR count). The van der Waals surface area contributed by atoms with E-state index in [1.165, 1.54) is 45.3 Å². The van der Waals surface area contributed by atoms with Crippen molar-refractivity contribution in [2.45, 2.75) is 32.6 Å². The Hall–Kier alpha value is -0.570. The Bertz CT molecular complexity index is 224.